The Labute approximate surface area is 137 Å². The van der Waals surface area contributed by atoms with E-state index in [-0.39, 0.29) is 5.82 Å². The molecule has 0 spiro atoms. The summed E-state index contributed by atoms with van der Waals surface area (Å²) < 4.78 is 16.3. The number of anilines is 2. The van der Waals surface area contributed by atoms with Gasteiger partial charge in [-0.05, 0) is 29.9 Å². The van der Waals surface area contributed by atoms with Gasteiger partial charge in [-0.25, -0.2) is 4.39 Å². The summed E-state index contributed by atoms with van der Waals surface area (Å²) in [6.07, 6.45) is 5.33. The smallest absolute Gasteiger partial charge is 0.176 e. The molecule has 3 aromatic rings. The first kappa shape index (κ1) is 15.2. The lowest BCUT2D eigenvalue weighted by Crippen LogP contribution is -2.19. The molecule has 6 nitrogen and oxygen atoms in total. The van der Waals surface area contributed by atoms with Crippen molar-refractivity contribution in [2.75, 3.05) is 10.6 Å². The average Bonchev–Trinajstić information content (AvgIpc) is 3.11. The van der Waals surface area contributed by atoms with E-state index in [1.165, 1.54) is 12.1 Å². The van der Waals surface area contributed by atoms with Crippen molar-refractivity contribution in [3.8, 4) is 0 Å². The molecule has 0 amide bonds. The molecule has 0 radical (unpaired) electrons. The highest BCUT2D eigenvalue weighted by atomic mass is 32.1. The van der Waals surface area contributed by atoms with Crippen molar-refractivity contribution >= 4 is 28.8 Å². The van der Waals surface area contributed by atoms with Crippen LogP contribution in [0.3, 0.4) is 0 Å². The van der Waals surface area contributed by atoms with Crippen LogP contribution < -0.4 is 10.6 Å². The molecule has 0 unspecified atom stereocenters. The lowest BCUT2D eigenvalue weighted by atomic mass is 10.2. The monoisotopic (exact) mass is 330 g/mol. The second kappa shape index (κ2) is 6.57. The van der Waals surface area contributed by atoms with Gasteiger partial charge in [-0.15, -0.1) is 0 Å². The quantitative estimate of drug-likeness (QED) is 0.720. The number of hydrogen-bond acceptors (Lipinski definition) is 3. The molecule has 0 aliphatic heterocycles. The second-order valence-electron chi connectivity index (χ2n) is 5.01. The van der Waals surface area contributed by atoms with Gasteiger partial charge in [0.1, 0.15) is 5.82 Å². The van der Waals surface area contributed by atoms with E-state index in [4.69, 9.17) is 12.2 Å². The molecule has 1 aromatic carbocycles. The van der Waals surface area contributed by atoms with E-state index in [2.05, 4.69) is 20.8 Å². The topological polar surface area (TPSA) is 59.7 Å². The lowest BCUT2D eigenvalue weighted by molar-refractivity contribution is 0.624. The summed E-state index contributed by atoms with van der Waals surface area (Å²) in [7, 11) is 1.83. The summed E-state index contributed by atoms with van der Waals surface area (Å²) in [4.78, 5) is 0. The van der Waals surface area contributed by atoms with E-state index in [0.717, 1.165) is 11.3 Å². The van der Waals surface area contributed by atoms with Crippen molar-refractivity contribution in [2.24, 2.45) is 7.05 Å². The molecule has 8 heteroatoms. The van der Waals surface area contributed by atoms with Gasteiger partial charge >= 0.3 is 0 Å². The van der Waals surface area contributed by atoms with Crippen LogP contribution >= 0.6 is 12.2 Å². The van der Waals surface area contributed by atoms with E-state index in [1.807, 2.05) is 25.5 Å². The molecular weight excluding hydrogens is 315 g/mol. The molecule has 118 valence electrons. The maximum atomic E-state index is 12.9. The first-order valence-electron chi connectivity index (χ1n) is 6.93. The third kappa shape index (κ3) is 4.13. The number of thiocarbonyl (C=S) groups is 1. The van der Waals surface area contributed by atoms with Crippen molar-refractivity contribution in [1.29, 1.82) is 0 Å². The van der Waals surface area contributed by atoms with Crippen LogP contribution in [0.4, 0.5) is 15.9 Å². The van der Waals surface area contributed by atoms with Gasteiger partial charge in [-0.1, -0.05) is 12.1 Å². The Morgan fingerprint density at radius 1 is 1.22 bits per heavy atom. The van der Waals surface area contributed by atoms with Crippen molar-refractivity contribution < 1.29 is 4.39 Å². The number of aromatic nitrogens is 4. The minimum Gasteiger partial charge on any atom is -0.330 e. The van der Waals surface area contributed by atoms with Crippen molar-refractivity contribution in [2.45, 2.75) is 6.54 Å². The molecule has 3 rings (SSSR count). The lowest BCUT2D eigenvalue weighted by Gasteiger charge is -2.06. The van der Waals surface area contributed by atoms with E-state index in [9.17, 15) is 4.39 Å². The standard InChI is InChI=1S/C15H15FN6S/c1-21-7-6-14(20-21)19-15(23)18-13-8-17-22(10-13)9-11-2-4-12(16)5-3-11/h2-8,10H,9H2,1H3,(H2,18,19,20,23). The summed E-state index contributed by atoms with van der Waals surface area (Å²) in [5, 5.41) is 14.9. The van der Waals surface area contributed by atoms with Crippen molar-refractivity contribution in [1.82, 2.24) is 19.6 Å². The van der Waals surface area contributed by atoms with Gasteiger partial charge in [-0.2, -0.15) is 10.2 Å². The number of halogens is 1. The molecule has 0 saturated carbocycles. The molecule has 2 N–H and O–H groups in total. The Morgan fingerprint density at radius 2 is 2.00 bits per heavy atom. The fraction of sp³-hybridized carbons (Fsp3) is 0.133. The fourth-order valence-corrected chi connectivity index (χ4v) is 2.27. The SMILES string of the molecule is Cn1ccc(NC(=S)Nc2cnn(Cc3ccc(F)cc3)c2)n1. The van der Waals surface area contributed by atoms with Crippen molar-refractivity contribution in [3.63, 3.8) is 0 Å². The number of aryl methyl sites for hydroxylation is 1. The van der Waals surface area contributed by atoms with Gasteiger partial charge < -0.3 is 10.6 Å². The summed E-state index contributed by atoms with van der Waals surface area (Å²) >= 11 is 5.23. The highest BCUT2D eigenvalue weighted by Gasteiger charge is 2.04. The number of nitrogens with zero attached hydrogens (tertiary/aromatic N) is 4. The third-order valence-corrected chi connectivity index (χ3v) is 3.31. The minimum absolute atomic E-state index is 0.248. The van der Waals surface area contributed by atoms with Crippen LogP contribution in [0.2, 0.25) is 0 Å². The molecule has 0 saturated heterocycles. The number of hydrogen-bond donors (Lipinski definition) is 2. The Bertz CT molecular complexity index is 807. The second-order valence-corrected chi connectivity index (χ2v) is 5.42. The zero-order valence-electron chi connectivity index (χ0n) is 12.4. The van der Waals surface area contributed by atoms with Gasteiger partial charge in [0.15, 0.2) is 10.9 Å². The van der Waals surface area contributed by atoms with Gasteiger partial charge in [0, 0.05) is 25.5 Å². The number of nitrogens with one attached hydrogen (secondary N) is 2. The molecule has 23 heavy (non-hydrogen) atoms. The Hall–Kier alpha value is -2.74. The van der Waals surface area contributed by atoms with Crippen LogP contribution in [-0.2, 0) is 13.6 Å². The molecule has 0 aliphatic carbocycles. The zero-order valence-corrected chi connectivity index (χ0v) is 13.2. The predicted octanol–water partition coefficient (Wildman–Crippen LogP) is 2.61. The summed E-state index contributed by atoms with van der Waals surface area (Å²) in [5.41, 5.74) is 1.73. The fourth-order valence-electron chi connectivity index (χ4n) is 2.05. The van der Waals surface area contributed by atoms with Gasteiger partial charge in [0.25, 0.3) is 0 Å². The number of rotatable bonds is 4. The van der Waals surface area contributed by atoms with Crippen LogP contribution in [0, 0.1) is 5.82 Å². The minimum atomic E-state index is -0.248. The maximum Gasteiger partial charge on any atom is 0.176 e. The molecular formula is C15H15FN6S. The average molecular weight is 330 g/mol. The van der Waals surface area contributed by atoms with Crippen LogP contribution in [0.1, 0.15) is 5.56 Å². The first-order valence-corrected chi connectivity index (χ1v) is 7.34. The van der Waals surface area contributed by atoms with Gasteiger partial charge in [-0.3, -0.25) is 9.36 Å². The maximum absolute atomic E-state index is 12.9. The van der Waals surface area contributed by atoms with E-state index < -0.39 is 0 Å². The number of benzene rings is 1. The molecule has 0 bridgehead atoms. The normalized spacial score (nSPS) is 10.5. The zero-order chi connectivity index (χ0) is 16.2. The molecule has 2 heterocycles. The molecule has 2 aromatic heterocycles. The summed E-state index contributed by atoms with van der Waals surface area (Å²) in [6.45, 7) is 0.558. The van der Waals surface area contributed by atoms with Gasteiger partial charge in [0.05, 0.1) is 18.4 Å². The van der Waals surface area contributed by atoms with E-state index in [0.29, 0.717) is 17.5 Å². The Balaban J connectivity index is 1.58. The van der Waals surface area contributed by atoms with Crippen LogP contribution in [0.25, 0.3) is 0 Å². The van der Waals surface area contributed by atoms with E-state index >= 15 is 0 Å². The van der Waals surface area contributed by atoms with E-state index in [1.54, 1.807) is 27.7 Å². The highest BCUT2D eigenvalue weighted by Crippen LogP contribution is 2.10. The van der Waals surface area contributed by atoms with Crippen LogP contribution in [-0.4, -0.2) is 24.7 Å². The Morgan fingerprint density at radius 3 is 2.70 bits per heavy atom. The predicted molar refractivity (Wildman–Crippen MR) is 90.8 cm³/mol. The first-order chi connectivity index (χ1) is 11.1. The third-order valence-electron chi connectivity index (χ3n) is 3.10. The highest BCUT2D eigenvalue weighted by molar-refractivity contribution is 7.80. The molecule has 0 atom stereocenters. The summed E-state index contributed by atoms with van der Waals surface area (Å²) in [6, 6.07) is 8.16. The van der Waals surface area contributed by atoms with Crippen LogP contribution in [0.5, 0.6) is 0 Å². The Kier molecular flexibility index (Phi) is 4.33. The summed E-state index contributed by atoms with van der Waals surface area (Å²) in [5.74, 6) is 0.422. The van der Waals surface area contributed by atoms with Crippen LogP contribution in [0.15, 0.2) is 48.9 Å². The molecule has 0 fully saturated rings. The molecule has 0 aliphatic rings. The largest absolute Gasteiger partial charge is 0.330 e. The van der Waals surface area contributed by atoms with Crippen molar-refractivity contribution in [3.05, 3.63) is 60.3 Å². The van der Waals surface area contributed by atoms with Gasteiger partial charge in [0.2, 0.25) is 0 Å².